The maximum absolute atomic E-state index is 4.42. The summed E-state index contributed by atoms with van der Waals surface area (Å²) in [6.07, 6.45) is 3.07. The van der Waals surface area contributed by atoms with E-state index in [1.54, 1.807) is 6.20 Å². The van der Waals surface area contributed by atoms with Gasteiger partial charge in [-0.2, -0.15) is 15.1 Å². The molecule has 0 amide bonds. The van der Waals surface area contributed by atoms with Crippen molar-refractivity contribution in [3.8, 4) is 0 Å². The Labute approximate surface area is 99.2 Å². The van der Waals surface area contributed by atoms with Crippen molar-refractivity contribution < 1.29 is 0 Å². The van der Waals surface area contributed by atoms with Gasteiger partial charge in [0.1, 0.15) is 5.82 Å². The highest BCUT2D eigenvalue weighted by Crippen LogP contribution is 2.37. The lowest BCUT2D eigenvalue weighted by Crippen LogP contribution is -2.08. The lowest BCUT2D eigenvalue weighted by atomic mass is 10.3. The van der Waals surface area contributed by atoms with Crippen LogP contribution in [0.4, 0.5) is 11.8 Å². The minimum absolute atomic E-state index is 0.605. The van der Waals surface area contributed by atoms with Gasteiger partial charge in [-0.3, -0.25) is 5.10 Å². The molecular weight excluding hydrogens is 216 g/mol. The molecule has 2 aromatic heterocycles. The average molecular weight is 232 g/mol. The number of hydrogen-bond acceptors (Lipinski definition) is 5. The lowest BCUT2D eigenvalue weighted by Gasteiger charge is -2.07. The first kappa shape index (κ1) is 10.3. The maximum Gasteiger partial charge on any atom is 0.226 e. The van der Waals surface area contributed by atoms with E-state index in [0.29, 0.717) is 5.95 Å². The Morgan fingerprint density at radius 3 is 3.00 bits per heavy atom. The zero-order valence-corrected chi connectivity index (χ0v) is 9.99. The van der Waals surface area contributed by atoms with Gasteiger partial charge >= 0.3 is 0 Å². The Morgan fingerprint density at radius 2 is 2.29 bits per heavy atom. The standard InChI is InChI=1S/C11H16N6/c1-6-3-7(6)4-13-9-8-5-14-17-10(8)16-11(12-2)15-9/h5-7H,3-4H2,1-2H3,(H3,12,13,14,15,16,17). The van der Waals surface area contributed by atoms with Crippen LogP contribution < -0.4 is 10.6 Å². The summed E-state index contributed by atoms with van der Waals surface area (Å²) < 4.78 is 0. The average Bonchev–Trinajstić information content (AvgIpc) is 2.86. The van der Waals surface area contributed by atoms with Crippen molar-refractivity contribution in [1.29, 1.82) is 0 Å². The van der Waals surface area contributed by atoms with Gasteiger partial charge in [0.25, 0.3) is 0 Å². The predicted molar refractivity (Wildman–Crippen MR) is 67.0 cm³/mol. The van der Waals surface area contributed by atoms with Crippen LogP contribution in [0.1, 0.15) is 13.3 Å². The molecule has 0 spiro atoms. The Morgan fingerprint density at radius 1 is 1.47 bits per heavy atom. The van der Waals surface area contributed by atoms with Gasteiger partial charge in [-0.1, -0.05) is 6.92 Å². The van der Waals surface area contributed by atoms with Crippen LogP contribution in [-0.2, 0) is 0 Å². The smallest absolute Gasteiger partial charge is 0.226 e. The van der Waals surface area contributed by atoms with Gasteiger partial charge in [0.15, 0.2) is 5.65 Å². The molecule has 1 aliphatic rings. The van der Waals surface area contributed by atoms with Gasteiger partial charge in [0, 0.05) is 13.6 Å². The molecule has 2 aromatic rings. The second-order valence-corrected chi connectivity index (χ2v) is 4.63. The Hall–Kier alpha value is -1.85. The minimum Gasteiger partial charge on any atom is -0.369 e. The van der Waals surface area contributed by atoms with E-state index < -0.39 is 0 Å². The number of aromatic amines is 1. The molecule has 1 fully saturated rings. The van der Waals surface area contributed by atoms with E-state index in [-0.39, 0.29) is 0 Å². The van der Waals surface area contributed by atoms with Crippen LogP contribution in [0.25, 0.3) is 11.0 Å². The van der Waals surface area contributed by atoms with Crippen LogP contribution in [0, 0.1) is 11.8 Å². The summed E-state index contributed by atoms with van der Waals surface area (Å²) in [6, 6.07) is 0. The van der Waals surface area contributed by atoms with Gasteiger partial charge in [-0.05, 0) is 18.3 Å². The van der Waals surface area contributed by atoms with Gasteiger partial charge in [-0.15, -0.1) is 0 Å². The SMILES string of the molecule is CNc1nc(NCC2CC2C)c2cn[nH]c2n1. The quantitative estimate of drug-likeness (QED) is 0.744. The van der Waals surface area contributed by atoms with Crippen LogP contribution in [0.3, 0.4) is 0 Å². The van der Waals surface area contributed by atoms with E-state index in [2.05, 4.69) is 37.7 Å². The monoisotopic (exact) mass is 232 g/mol. The molecule has 0 saturated heterocycles. The molecule has 6 heteroatoms. The van der Waals surface area contributed by atoms with Gasteiger partial charge in [-0.25, -0.2) is 0 Å². The van der Waals surface area contributed by atoms with E-state index in [9.17, 15) is 0 Å². The molecule has 3 N–H and O–H groups in total. The molecule has 6 nitrogen and oxygen atoms in total. The second-order valence-electron chi connectivity index (χ2n) is 4.63. The molecule has 0 radical (unpaired) electrons. The zero-order chi connectivity index (χ0) is 11.8. The molecule has 0 aromatic carbocycles. The Balaban J connectivity index is 1.87. The predicted octanol–water partition coefficient (Wildman–Crippen LogP) is 1.46. The number of hydrogen-bond donors (Lipinski definition) is 3. The van der Waals surface area contributed by atoms with Crippen molar-refractivity contribution >= 4 is 22.8 Å². The third-order valence-corrected chi connectivity index (χ3v) is 3.34. The summed E-state index contributed by atoms with van der Waals surface area (Å²) in [4.78, 5) is 8.71. The van der Waals surface area contributed by atoms with Crippen molar-refractivity contribution in [2.24, 2.45) is 11.8 Å². The number of aromatic nitrogens is 4. The van der Waals surface area contributed by atoms with Gasteiger partial charge < -0.3 is 10.6 Å². The van der Waals surface area contributed by atoms with Crippen LogP contribution in [0.2, 0.25) is 0 Å². The summed E-state index contributed by atoms with van der Waals surface area (Å²) in [7, 11) is 1.81. The van der Waals surface area contributed by atoms with E-state index in [1.807, 2.05) is 7.05 Å². The van der Waals surface area contributed by atoms with Gasteiger partial charge in [0.2, 0.25) is 5.95 Å². The summed E-state index contributed by atoms with van der Waals surface area (Å²) in [5.41, 5.74) is 0.760. The highest BCUT2D eigenvalue weighted by molar-refractivity contribution is 5.86. The molecule has 2 heterocycles. The van der Waals surface area contributed by atoms with E-state index >= 15 is 0 Å². The van der Waals surface area contributed by atoms with Crippen LogP contribution in [0.5, 0.6) is 0 Å². The van der Waals surface area contributed by atoms with Crippen molar-refractivity contribution in [2.45, 2.75) is 13.3 Å². The molecule has 2 unspecified atom stereocenters. The zero-order valence-electron chi connectivity index (χ0n) is 9.99. The third kappa shape index (κ3) is 1.90. The largest absolute Gasteiger partial charge is 0.369 e. The fourth-order valence-electron chi connectivity index (χ4n) is 1.99. The van der Waals surface area contributed by atoms with Crippen LogP contribution in [0.15, 0.2) is 6.20 Å². The molecule has 17 heavy (non-hydrogen) atoms. The fourth-order valence-corrected chi connectivity index (χ4v) is 1.99. The first-order chi connectivity index (χ1) is 8.28. The Bertz CT molecular complexity index is 534. The molecule has 1 aliphatic carbocycles. The highest BCUT2D eigenvalue weighted by Gasteiger charge is 2.32. The molecule has 0 bridgehead atoms. The molecule has 2 atom stereocenters. The number of rotatable bonds is 4. The van der Waals surface area contributed by atoms with E-state index in [4.69, 9.17) is 0 Å². The fraction of sp³-hybridized carbons (Fsp3) is 0.545. The van der Waals surface area contributed by atoms with E-state index in [1.165, 1.54) is 6.42 Å². The van der Waals surface area contributed by atoms with Crippen LogP contribution >= 0.6 is 0 Å². The minimum atomic E-state index is 0.605. The molecule has 0 aliphatic heterocycles. The second kappa shape index (κ2) is 3.87. The number of nitrogens with zero attached hydrogens (tertiary/aromatic N) is 3. The molecule has 3 rings (SSSR count). The van der Waals surface area contributed by atoms with Crippen molar-refractivity contribution in [3.63, 3.8) is 0 Å². The van der Waals surface area contributed by atoms with Crippen LogP contribution in [-0.4, -0.2) is 33.8 Å². The number of H-pyrrole nitrogens is 1. The summed E-state index contributed by atoms with van der Waals surface area (Å²) in [5.74, 6) is 3.08. The summed E-state index contributed by atoms with van der Waals surface area (Å²) in [6.45, 7) is 3.25. The molecule has 90 valence electrons. The van der Waals surface area contributed by atoms with Crippen molar-refractivity contribution in [3.05, 3.63) is 6.20 Å². The summed E-state index contributed by atoms with van der Waals surface area (Å²) in [5, 5.41) is 14.1. The molecule has 1 saturated carbocycles. The normalized spacial score (nSPS) is 22.7. The highest BCUT2D eigenvalue weighted by atomic mass is 15.2. The maximum atomic E-state index is 4.42. The molecular formula is C11H16N6. The lowest BCUT2D eigenvalue weighted by molar-refractivity contribution is 0.785. The topological polar surface area (TPSA) is 78.5 Å². The van der Waals surface area contributed by atoms with E-state index in [0.717, 1.165) is 35.2 Å². The Kier molecular flexibility index (Phi) is 2.35. The first-order valence-electron chi connectivity index (χ1n) is 5.90. The number of nitrogens with one attached hydrogen (secondary N) is 3. The third-order valence-electron chi connectivity index (χ3n) is 3.34. The summed E-state index contributed by atoms with van der Waals surface area (Å²) >= 11 is 0. The number of fused-ring (bicyclic) bond motifs is 1. The number of anilines is 2. The van der Waals surface area contributed by atoms with Crippen molar-refractivity contribution in [1.82, 2.24) is 20.2 Å². The van der Waals surface area contributed by atoms with Gasteiger partial charge in [0.05, 0.1) is 11.6 Å². The first-order valence-corrected chi connectivity index (χ1v) is 5.90. The van der Waals surface area contributed by atoms with Crippen molar-refractivity contribution in [2.75, 3.05) is 24.2 Å².